The van der Waals surface area contributed by atoms with Crippen LogP contribution in [0.4, 0.5) is 5.69 Å². The molecule has 2 rings (SSSR count). The van der Waals surface area contributed by atoms with Gasteiger partial charge in [0.2, 0.25) is 0 Å². The minimum Gasteiger partial charge on any atom is -0.409 e. The predicted octanol–water partition coefficient (Wildman–Crippen LogP) is -0.710. The summed E-state index contributed by atoms with van der Waals surface area (Å²) in [6, 6.07) is 3.66. The zero-order chi connectivity index (χ0) is 13.7. The summed E-state index contributed by atoms with van der Waals surface area (Å²) in [5.74, 6) is 0.0133. The molecule has 0 aliphatic carbocycles. The van der Waals surface area contributed by atoms with Gasteiger partial charge in [0, 0.05) is 32.7 Å². The number of β-amino-alcohol motifs (C(OH)–C–C–N with tert-alkyl or cyclic N) is 1. The summed E-state index contributed by atoms with van der Waals surface area (Å²) in [6.45, 7) is 4.62. The van der Waals surface area contributed by atoms with E-state index >= 15 is 0 Å². The monoisotopic (exact) mass is 265 g/mol. The molecule has 7 heteroatoms. The third-order valence-corrected chi connectivity index (χ3v) is 3.27. The topological polar surface area (TPSA) is 98.2 Å². The highest BCUT2D eigenvalue weighted by molar-refractivity contribution is 5.95. The normalized spacial score (nSPS) is 17.7. The highest BCUT2D eigenvalue weighted by Crippen LogP contribution is 2.15. The van der Waals surface area contributed by atoms with E-state index in [1.807, 2.05) is 6.07 Å². The van der Waals surface area contributed by atoms with Gasteiger partial charge in [0.15, 0.2) is 5.84 Å². The van der Waals surface area contributed by atoms with Gasteiger partial charge in [0.1, 0.15) is 5.69 Å². The second-order valence-corrected chi connectivity index (χ2v) is 4.44. The molecule has 0 radical (unpaired) electrons. The molecular weight excluding hydrogens is 246 g/mol. The predicted molar refractivity (Wildman–Crippen MR) is 72.5 cm³/mol. The molecule has 1 aliphatic heterocycles. The molecular formula is C12H19N5O2. The smallest absolute Gasteiger partial charge is 0.188 e. The Morgan fingerprint density at radius 1 is 1.32 bits per heavy atom. The van der Waals surface area contributed by atoms with E-state index in [2.05, 4.69) is 19.9 Å². The number of pyridine rings is 1. The lowest BCUT2D eigenvalue weighted by Crippen LogP contribution is -2.47. The first kappa shape index (κ1) is 13.6. The number of hydrogen-bond acceptors (Lipinski definition) is 6. The molecule has 1 aromatic rings. The number of anilines is 1. The van der Waals surface area contributed by atoms with Crippen LogP contribution in [0.25, 0.3) is 0 Å². The Hall–Kier alpha value is -1.86. The fourth-order valence-corrected chi connectivity index (χ4v) is 2.15. The van der Waals surface area contributed by atoms with Crippen LogP contribution in [0.5, 0.6) is 0 Å². The quantitative estimate of drug-likeness (QED) is 0.288. The van der Waals surface area contributed by atoms with E-state index in [0.29, 0.717) is 5.69 Å². The molecule has 7 nitrogen and oxygen atoms in total. The van der Waals surface area contributed by atoms with E-state index in [0.717, 1.165) is 38.4 Å². The summed E-state index contributed by atoms with van der Waals surface area (Å²) in [4.78, 5) is 8.63. The Morgan fingerprint density at radius 3 is 2.58 bits per heavy atom. The van der Waals surface area contributed by atoms with Crippen molar-refractivity contribution in [3.05, 3.63) is 24.0 Å². The number of hydrogen-bond donors (Lipinski definition) is 3. The minimum absolute atomic E-state index is 0.0133. The van der Waals surface area contributed by atoms with Crippen molar-refractivity contribution in [3.8, 4) is 0 Å². The molecule has 0 saturated carbocycles. The fraction of sp³-hybridized carbons (Fsp3) is 0.500. The molecule has 1 aliphatic rings. The summed E-state index contributed by atoms with van der Waals surface area (Å²) in [7, 11) is 0. The van der Waals surface area contributed by atoms with Crippen molar-refractivity contribution in [2.45, 2.75) is 0 Å². The van der Waals surface area contributed by atoms with E-state index in [1.165, 1.54) is 0 Å². The van der Waals surface area contributed by atoms with Crippen molar-refractivity contribution in [1.82, 2.24) is 9.88 Å². The Labute approximate surface area is 111 Å². The van der Waals surface area contributed by atoms with E-state index in [9.17, 15) is 0 Å². The molecule has 1 aromatic heterocycles. The van der Waals surface area contributed by atoms with E-state index in [1.54, 1.807) is 12.3 Å². The van der Waals surface area contributed by atoms with Crippen LogP contribution in [-0.4, -0.2) is 65.4 Å². The molecule has 0 unspecified atom stereocenters. The van der Waals surface area contributed by atoms with E-state index in [-0.39, 0.29) is 12.4 Å². The zero-order valence-electron chi connectivity index (χ0n) is 10.7. The first-order chi connectivity index (χ1) is 9.24. The van der Waals surface area contributed by atoms with Crippen LogP contribution in [0.2, 0.25) is 0 Å². The summed E-state index contributed by atoms with van der Waals surface area (Å²) in [5, 5.41) is 20.4. The van der Waals surface area contributed by atoms with Gasteiger partial charge < -0.3 is 20.9 Å². The Morgan fingerprint density at radius 2 is 2.05 bits per heavy atom. The first-order valence-corrected chi connectivity index (χ1v) is 6.26. The number of aliphatic hydroxyl groups is 1. The van der Waals surface area contributed by atoms with Crippen LogP contribution in [0.15, 0.2) is 23.5 Å². The van der Waals surface area contributed by atoms with Crippen molar-refractivity contribution in [1.29, 1.82) is 0 Å². The van der Waals surface area contributed by atoms with Crippen molar-refractivity contribution in [2.75, 3.05) is 44.2 Å². The van der Waals surface area contributed by atoms with Crippen LogP contribution in [-0.2, 0) is 0 Å². The van der Waals surface area contributed by atoms with Crippen molar-refractivity contribution < 1.29 is 10.3 Å². The fourth-order valence-electron chi connectivity index (χ4n) is 2.15. The lowest BCUT2D eigenvalue weighted by atomic mass is 10.2. The Bertz CT molecular complexity index is 426. The average Bonchev–Trinajstić information content (AvgIpc) is 2.48. The van der Waals surface area contributed by atoms with Crippen LogP contribution in [0, 0.1) is 0 Å². The number of oxime groups is 1. The molecule has 1 saturated heterocycles. The molecule has 2 heterocycles. The highest BCUT2D eigenvalue weighted by atomic mass is 16.4. The maximum absolute atomic E-state index is 8.90. The van der Waals surface area contributed by atoms with Gasteiger partial charge in [-0.2, -0.15) is 0 Å². The van der Waals surface area contributed by atoms with Crippen molar-refractivity contribution >= 4 is 11.5 Å². The molecule has 0 aromatic carbocycles. The highest BCUT2D eigenvalue weighted by Gasteiger charge is 2.16. The summed E-state index contributed by atoms with van der Waals surface area (Å²) < 4.78 is 0. The van der Waals surface area contributed by atoms with Crippen molar-refractivity contribution in [3.63, 3.8) is 0 Å². The second-order valence-electron chi connectivity index (χ2n) is 4.44. The number of aromatic nitrogens is 1. The molecule has 0 amide bonds. The number of nitrogens with two attached hydrogens (primary N) is 1. The summed E-state index contributed by atoms with van der Waals surface area (Å²) >= 11 is 0. The zero-order valence-corrected chi connectivity index (χ0v) is 10.7. The number of aliphatic hydroxyl groups excluding tert-OH is 1. The van der Waals surface area contributed by atoms with Gasteiger partial charge in [-0.1, -0.05) is 5.16 Å². The maximum Gasteiger partial charge on any atom is 0.188 e. The lowest BCUT2D eigenvalue weighted by molar-refractivity contribution is 0.189. The van der Waals surface area contributed by atoms with Crippen LogP contribution in [0.1, 0.15) is 5.69 Å². The van der Waals surface area contributed by atoms with Crippen LogP contribution in [0.3, 0.4) is 0 Å². The Kier molecular flexibility index (Phi) is 4.53. The van der Waals surface area contributed by atoms with Gasteiger partial charge in [-0.05, 0) is 12.1 Å². The summed E-state index contributed by atoms with van der Waals surface area (Å²) in [6.07, 6.45) is 1.73. The van der Waals surface area contributed by atoms with Gasteiger partial charge in [-0.15, -0.1) is 0 Å². The standard InChI is InChI=1S/C12H19N5O2/c13-12(15-19)11-2-1-10(9-14-11)17-5-3-16(4-6-17)7-8-18/h1-2,9,18-19H,3-8H2,(H2,13,15). The number of rotatable bonds is 4. The molecule has 0 atom stereocenters. The minimum atomic E-state index is 0.0133. The van der Waals surface area contributed by atoms with Crippen LogP contribution >= 0.6 is 0 Å². The number of nitrogens with zero attached hydrogens (tertiary/aromatic N) is 4. The second kappa shape index (κ2) is 6.35. The molecule has 0 bridgehead atoms. The molecule has 1 fully saturated rings. The third kappa shape index (κ3) is 3.33. The van der Waals surface area contributed by atoms with Crippen molar-refractivity contribution in [2.24, 2.45) is 10.9 Å². The molecule has 0 spiro atoms. The van der Waals surface area contributed by atoms with Gasteiger partial charge in [0.05, 0.1) is 18.5 Å². The lowest BCUT2D eigenvalue weighted by Gasteiger charge is -2.35. The number of piperazine rings is 1. The van der Waals surface area contributed by atoms with Gasteiger partial charge in [-0.25, -0.2) is 0 Å². The van der Waals surface area contributed by atoms with E-state index < -0.39 is 0 Å². The van der Waals surface area contributed by atoms with Gasteiger partial charge in [-0.3, -0.25) is 9.88 Å². The Balaban J connectivity index is 1.96. The largest absolute Gasteiger partial charge is 0.409 e. The summed E-state index contributed by atoms with van der Waals surface area (Å²) in [5.41, 5.74) is 6.96. The maximum atomic E-state index is 8.90. The SMILES string of the molecule is N/C(=N/O)c1ccc(N2CCN(CCO)CC2)cn1. The van der Waals surface area contributed by atoms with Gasteiger partial charge >= 0.3 is 0 Å². The van der Waals surface area contributed by atoms with E-state index in [4.69, 9.17) is 16.0 Å². The molecule has 104 valence electrons. The third-order valence-electron chi connectivity index (χ3n) is 3.27. The first-order valence-electron chi connectivity index (χ1n) is 6.26. The van der Waals surface area contributed by atoms with Crippen LogP contribution < -0.4 is 10.6 Å². The molecule has 19 heavy (non-hydrogen) atoms. The van der Waals surface area contributed by atoms with Gasteiger partial charge in [0.25, 0.3) is 0 Å². The molecule has 4 N–H and O–H groups in total. The average molecular weight is 265 g/mol. The number of amidine groups is 1.